The first kappa shape index (κ1) is 25.1. The number of ketones is 1. The van der Waals surface area contributed by atoms with E-state index in [0.29, 0.717) is 54.0 Å². The minimum absolute atomic E-state index is 0.0264. The maximum absolute atomic E-state index is 12.6. The number of nitrogen functional groups attached to an aromatic ring is 1. The molecule has 4 aromatic rings. The SMILES string of the molecule is C=CC(=O)N1CCC[C@@H](n2nc(-c3ccc(CCC(=O)c4ccc(OC)cc4)cc3)c3c(N)ncnc32)C1. The maximum atomic E-state index is 12.6. The van der Waals surface area contributed by atoms with Crippen LogP contribution in [0.3, 0.4) is 0 Å². The van der Waals surface area contributed by atoms with Gasteiger partial charge < -0.3 is 15.4 Å². The van der Waals surface area contributed by atoms with E-state index in [1.807, 2.05) is 28.9 Å². The summed E-state index contributed by atoms with van der Waals surface area (Å²) in [6.45, 7) is 4.85. The van der Waals surface area contributed by atoms with Crippen LogP contribution in [-0.4, -0.2) is 56.5 Å². The third-order valence-electron chi connectivity index (χ3n) is 7.03. The average molecular weight is 511 g/mol. The fourth-order valence-electron chi connectivity index (χ4n) is 4.94. The molecule has 38 heavy (non-hydrogen) atoms. The van der Waals surface area contributed by atoms with Gasteiger partial charge in [0.05, 0.1) is 18.5 Å². The van der Waals surface area contributed by atoms with Gasteiger partial charge in [0.2, 0.25) is 5.91 Å². The van der Waals surface area contributed by atoms with Crippen molar-refractivity contribution in [3.8, 4) is 17.0 Å². The predicted molar refractivity (Wildman–Crippen MR) is 146 cm³/mol. The second-order valence-corrected chi connectivity index (χ2v) is 9.38. The zero-order valence-corrected chi connectivity index (χ0v) is 21.3. The van der Waals surface area contributed by atoms with Crippen LogP contribution < -0.4 is 10.5 Å². The molecular weight excluding hydrogens is 480 g/mol. The number of carbonyl (C=O) groups is 2. The summed E-state index contributed by atoms with van der Waals surface area (Å²) in [6.07, 6.45) is 5.57. The number of piperidine rings is 1. The van der Waals surface area contributed by atoms with Crippen molar-refractivity contribution in [2.24, 2.45) is 0 Å². The van der Waals surface area contributed by atoms with E-state index in [1.165, 1.54) is 12.4 Å². The molecule has 1 atom stereocenters. The predicted octanol–water partition coefficient (Wildman–Crippen LogP) is 4.25. The third kappa shape index (κ3) is 5.00. The molecular formula is C29H30N6O3. The number of hydrogen-bond donors (Lipinski definition) is 1. The Morgan fingerprint density at radius 3 is 2.61 bits per heavy atom. The maximum Gasteiger partial charge on any atom is 0.246 e. The molecule has 1 saturated heterocycles. The topological polar surface area (TPSA) is 116 Å². The van der Waals surface area contributed by atoms with Gasteiger partial charge in [-0.15, -0.1) is 0 Å². The molecule has 5 rings (SSSR count). The van der Waals surface area contributed by atoms with Crippen molar-refractivity contribution in [1.82, 2.24) is 24.6 Å². The number of Topliss-reactive ketones (excluding diaryl/α,β-unsaturated/α-hetero) is 1. The van der Waals surface area contributed by atoms with Crippen LogP contribution in [0.25, 0.3) is 22.3 Å². The molecule has 0 radical (unpaired) electrons. The van der Waals surface area contributed by atoms with Crippen molar-refractivity contribution in [1.29, 1.82) is 0 Å². The first-order valence-electron chi connectivity index (χ1n) is 12.6. The molecule has 0 saturated carbocycles. The highest BCUT2D eigenvalue weighted by Gasteiger charge is 2.28. The number of hydrogen-bond acceptors (Lipinski definition) is 7. The second kappa shape index (κ2) is 10.8. The highest BCUT2D eigenvalue weighted by Crippen LogP contribution is 2.34. The second-order valence-electron chi connectivity index (χ2n) is 9.38. The van der Waals surface area contributed by atoms with E-state index in [2.05, 4.69) is 16.5 Å². The third-order valence-corrected chi connectivity index (χ3v) is 7.03. The number of anilines is 1. The van der Waals surface area contributed by atoms with Gasteiger partial charge in [-0.05, 0) is 55.2 Å². The van der Waals surface area contributed by atoms with Crippen molar-refractivity contribution < 1.29 is 14.3 Å². The van der Waals surface area contributed by atoms with Gasteiger partial charge in [-0.1, -0.05) is 30.8 Å². The van der Waals surface area contributed by atoms with Crippen molar-refractivity contribution >= 4 is 28.5 Å². The quantitative estimate of drug-likeness (QED) is 0.278. The lowest BCUT2D eigenvalue weighted by molar-refractivity contribution is -0.127. The lowest BCUT2D eigenvalue weighted by atomic mass is 10.0. The van der Waals surface area contributed by atoms with E-state index in [1.54, 1.807) is 36.3 Å². The number of aryl methyl sites for hydroxylation is 1. The number of fused-ring (bicyclic) bond motifs is 1. The van der Waals surface area contributed by atoms with Crippen LogP contribution in [0.5, 0.6) is 5.75 Å². The lowest BCUT2D eigenvalue weighted by Gasteiger charge is -2.32. The van der Waals surface area contributed by atoms with Crippen LogP contribution in [0, 0.1) is 0 Å². The van der Waals surface area contributed by atoms with Crippen LogP contribution >= 0.6 is 0 Å². The summed E-state index contributed by atoms with van der Waals surface area (Å²) in [5.74, 6) is 1.09. The Bertz CT molecular complexity index is 1480. The number of methoxy groups -OCH3 is 1. The first-order chi connectivity index (χ1) is 18.5. The molecule has 1 amide bonds. The van der Waals surface area contributed by atoms with Crippen LogP contribution in [0.2, 0.25) is 0 Å². The van der Waals surface area contributed by atoms with Gasteiger partial charge in [0.1, 0.15) is 23.6 Å². The van der Waals surface area contributed by atoms with Crippen LogP contribution in [0.4, 0.5) is 5.82 Å². The van der Waals surface area contributed by atoms with E-state index < -0.39 is 0 Å². The van der Waals surface area contributed by atoms with E-state index >= 15 is 0 Å². The number of ether oxygens (including phenoxy) is 1. The zero-order chi connectivity index (χ0) is 26.6. The van der Waals surface area contributed by atoms with Gasteiger partial charge in [-0.3, -0.25) is 9.59 Å². The molecule has 1 aliphatic heterocycles. The Balaban J connectivity index is 1.37. The number of rotatable bonds is 8. The fourth-order valence-corrected chi connectivity index (χ4v) is 4.94. The molecule has 0 spiro atoms. The molecule has 0 aliphatic carbocycles. The summed E-state index contributed by atoms with van der Waals surface area (Å²) in [5.41, 5.74) is 10.3. The average Bonchev–Trinajstić information content (AvgIpc) is 3.37. The van der Waals surface area contributed by atoms with Gasteiger partial charge in [0.15, 0.2) is 11.4 Å². The Kier molecular flexibility index (Phi) is 7.17. The summed E-state index contributed by atoms with van der Waals surface area (Å²) < 4.78 is 7.04. The number of likely N-dealkylation sites (tertiary alicyclic amines) is 1. The standard InChI is InChI=1S/C29H30N6O3/c1-3-25(37)34-16-4-5-22(17-34)35-29-26(28(30)31-18-32-29)27(33-35)21-9-6-19(7-10-21)8-15-24(36)20-11-13-23(38-2)14-12-20/h3,6-7,9-14,18,22H,1,4-5,8,15-17H2,2H3,(H2,30,31,32)/t22-/m1/s1. The smallest absolute Gasteiger partial charge is 0.246 e. The largest absolute Gasteiger partial charge is 0.497 e. The normalized spacial score (nSPS) is 15.4. The van der Waals surface area contributed by atoms with Crippen LogP contribution in [0.15, 0.2) is 67.5 Å². The number of nitrogens with zero attached hydrogens (tertiary/aromatic N) is 5. The molecule has 0 bridgehead atoms. The number of nitrogens with two attached hydrogens (primary N) is 1. The van der Waals surface area contributed by atoms with E-state index in [4.69, 9.17) is 15.6 Å². The fraction of sp³-hybridized carbons (Fsp3) is 0.276. The molecule has 1 aliphatic rings. The molecule has 9 heteroatoms. The van der Waals surface area contributed by atoms with Crippen molar-refractivity contribution in [2.75, 3.05) is 25.9 Å². The Morgan fingerprint density at radius 2 is 1.89 bits per heavy atom. The van der Waals surface area contributed by atoms with Gasteiger partial charge in [-0.2, -0.15) is 5.10 Å². The highest BCUT2D eigenvalue weighted by atomic mass is 16.5. The van der Waals surface area contributed by atoms with Gasteiger partial charge in [0, 0.05) is 30.6 Å². The van der Waals surface area contributed by atoms with Gasteiger partial charge in [-0.25, -0.2) is 14.6 Å². The van der Waals surface area contributed by atoms with Crippen molar-refractivity contribution in [3.05, 3.63) is 78.6 Å². The number of aromatic nitrogens is 4. The molecule has 194 valence electrons. The summed E-state index contributed by atoms with van der Waals surface area (Å²) in [5, 5.41) is 5.62. The number of amides is 1. The monoisotopic (exact) mass is 510 g/mol. The summed E-state index contributed by atoms with van der Waals surface area (Å²) in [6, 6.07) is 15.1. The summed E-state index contributed by atoms with van der Waals surface area (Å²) >= 11 is 0. The molecule has 2 N–H and O–H groups in total. The Labute approximate surface area is 220 Å². The number of benzene rings is 2. The molecule has 2 aromatic heterocycles. The first-order valence-corrected chi connectivity index (χ1v) is 12.6. The van der Waals surface area contributed by atoms with Crippen molar-refractivity contribution in [2.45, 2.75) is 31.7 Å². The molecule has 9 nitrogen and oxygen atoms in total. The van der Waals surface area contributed by atoms with E-state index in [9.17, 15) is 9.59 Å². The summed E-state index contributed by atoms with van der Waals surface area (Å²) in [4.78, 5) is 35.3. The lowest BCUT2D eigenvalue weighted by Crippen LogP contribution is -2.40. The minimum Gasteiger partial charge on any atom is -0.497 e. The molecule has 2 aromatic carbocycles. The van der Waals surface area contributed by atoms with E-state index in [-0.39, 0.29) is 17.7 Å². The van der Waals surface area contributed by atoms with Gasteiger partial charge >= 0.3 is 0 Å². The minimum atomic E-state index is -0.0819. The Hall–Kier alpha value is -4.53. The van der Waals surface area contributed by atoms with Crippen LogP contribution in [0.1, 0.15) is 41.2 Å². The summed E-state index contributed by atoms with van der Waals surface area (Å²) in [7, 11) is 1.60. The van der Waals surface area contributed by atoms with Crippen molar-refractivity contribution in [3.63, 3.8) is 0 Å². The van der Waals surface area contributed by atoms with E-state index in [0.717, 1.165) is 29.7 Å². The molecule has 1 fully saturated rings. The van der Waals surface area contributed by atoms with Gasteiger partial charge in [0.25, 0.3) is 0 Å². The number of carbonyl (C=O) groups excluding carboxylic acids is 2. The Morgan fingerprint density at radius 1 is 1.13 bits per heavy atom. The highest BCUT2D eigenvalue weighted by molar-refractivity contribution is 5.98. The molecule has 0 unspecified atom stereocenters. The van der Waals surface area contributed by atoms with Crippen LogP contribution in [-0.2, 0) is 11.2 Å². The molecule has 3 heterocycles. The zero-order valence-electron chi connectivity index (χ0n) is 21.3.